The predicted molar refractivity (Wildman–Crippen MR) is 114 cm³/mol. The summed E-state index contributed by atoms with van der Waals surface area (Å²) in [7, 11) is 1.38. The van der Waals surface area contributed by atoms with Crippen molar-refractivity contribution < 1.29 is 14.3 Å². The molecular formula is C21H24BrN3O3. The number of ether oxygens (including phenoxy) is 1. The van der Waals surface area contributed by atoms with Gasteiger partial charge in [-0.2, -0.15) is 0 Å². The normalized spacial score (nSPS) is 17.2. The highest BCUT2D eigenvalue weighted by atomic mass is 79.9. The van der Waals surface area contributed by atoms with Crippen molar-refractivity contribution in [2.75, 3.05) is 43.5 Å². The summed E-state index contributed by atoms with van der Waals surface area (Å²) in [6, 6.07) is 15.3. The molecule has 0 spiro atoms. The lowest BCUT2D eigenvalue weighted by Crippen LogP contribution is -2.53. The lowest BCUT2D eigenvalue weighted by molar-refractivity contribution is -0.117. The number of hydrogen-bond donors (Lipinski definition) is 1. The molecule has 1 atom stereocenters. The summed E-state index contributed by atoms with van der Waals surface area (Å²) in [5.41, 5.74) is 2.39. The van der Waals surface area contributed by atoms with E-state index in [1.807, 2.05) is 36.4 Å². The molecule has 0 aromatic heterocycles. The van der Waals surface area contributed by atoms with E-state index in [2.05, 4.69) is 38.0 Å². The molecule has 2 aromatic rings. The second-order valence-corrected chi connectivity index (χ2v) is 7.69. The number of carbonyl (C=O) groups is 2. The van der Waals surface area contributed by atoms with Gasteiger partial charge >= 0.3 is 5.97 Å². The Hall–Kier alpha value is -2.38. The number of benzene rings is 2. The van der Waals surface area contributed by atoms with Crippen LogP contribution in [0.5, 0.6) is 0 Å². The first kappa shape index (κ1) is 20.4. The number of amides is 1. The van der Waals surface area contributed by atoms with Gasteiger partial charge in [0, 0.05) is 35.8 Å². The van der Waals surface area contributed by atoms with Crippen LogP contribution in [-0.4, -0.2) is 56.1 Å². The average molecular weight is 446 g/mol. The summed E-state index contributed by atoms with van der Waals surface area (Å²) in [5.74, 6) is -0.351. The molecule has 1 aliphatic heterocycles. The Balaban J connectivity index is 1.55. The van der Waals surface area contributed by atoms with Crippen LogP contribution < -0.4 is 10.2 Å². The molecule has 1 saturated heterocycles. The fourth-order valence-corrected chi connectivity index (χ4v) is 3.71. The average Bonchev–Trinajstić information content (AvgIpc) is 2.71. The Kier molecular flexibility index (Phi) is 6.70. The summed E-state index contributed by atoms with van der Waals surface area (Å²) in [6.07, 6.45) is 0. The van der Waals surface area contributed by atoms with Crippen LogP contribution in [0.15, 0.2) is 53.0 Å². The predicted octanol–water partition coefficient (Wildman–Crippen LogP) is 3.38. The van der Waals surface area contributed by atoms with E-state index < -0.39 is 0 Å². The van der Waals surface area contributed by atoms with Crippen LogP contribution in [0.1, 0.15) is 17.3 Å². The van der Waals surface area contributed by atoms with E-state index in [1.165, 1.54) is 7.11 Å². The number of hydrogen-bond acceptors (Lipinski definition) is 5. The van der Waals surface area contributed by atoms with Crippen molar-refractivity contribution in [2.45, 2.75) is 13.0 Å². The molecular weight excluding hydrogens is 422 g/mol. The number of esters is 1. The minimum atomic E-state index is -0.333. The molecule has 6 nitrogen and oxygen atoms in total. The van der Waals surface area contributed by atoms with E-state index in [4.69, 9.17) is 4.74 Å². The van der Waals surface area contributed by atoms with Crippen LogP contribution >= 0.6 is 15.9 Å². The third-order valence-corrected chi connectivity index (χ3v) is 5.60. The molecule has 1 fully saturated rings. The largest absolute Gasteiger partial charge is 0.465 e. The molecule has 2 aromatic carbocycles. The van der Waals surface area contributed by atoms with Crippen molar-refractivity contribution in [3.05, 3.63) is 58.6 Å². The zero-order valence-electron chi connectivity index (χ0n) is 16.0. The molecule has 1 N–H and O–H groups in total. The van der Waals surface area contributed by atoms with Gasteiger partial charge in [0.05, 0.1) is 24.9 Å². The number of nitrogens with zero attached hydrogens (tertiary/aromatic N) is 2. The third kappa shape index (κ3) is 4.91. The number of nitrogens with one attached hydrogen (secondary N) is 1. The maximum atomic E-state index is 12.4. The maximum absolute atomic E-state index is 12.4. The Bertz CT molecular complexity index is 841. The van der Waals surface area contributed by atoms with Crippen molar-refractivity contribution in [3.8, 4) is 0 Å². The summed E-state index contributed by atoms with van der Waals surface area (Å²) in [6.45, 7) is 4.92. The second-order valence-electron chi connectivity index (χ2n) is 6.83. The van der Waals surface area contributed by atoms with Crippen molar-refractivity contribution in [2.24, 2.45) is 0 Å². The first-order valence-electron chi connectivity index (χ1n) is 9.19. The van der Waals surface area contributed by atoms with Gasteiger partial charge in [0.2, 0.25) is 5.91 Å². The van der Waals surface area contributed by atoms with Gasteiger partial charge in [0.25, 0.3) is 0 Å². The first-order valence-corrected chi connectivity index (χ1v) is 9.99. The number of piperazine rings is 1. The molecule has 28 heavy (non-hydrogen) atoms. The Labute approximate surface area is 173 Å². The molecule has 1 unspecified atom stereocenters. The lowest BCUT2D eigenvalue weighted by atomic mass is 10.1. The molecule has 1 aliphatic rings. The van der Waals surface area contributed by atoms with Crippen LogP contribution in [0.2, 0.25) is 0 Å². The van der Waals surface area contributed by atoms with Crippen molar-refractivity contribution in [1.29, 1.82) is 0 Å². The molecule has 0 radical (unpaired) electrons. The second kappa shape index (κ2) is 9.21. The monoisotopic (exact) mass is 445 g/mol. The molecule has 1 heterocycles. The van der Waals surface area contributed by atoms with E-state index in [-0.39, 0.29) is 17.9 Å². The molecule has 3 rings (SSSR count). The van der Waals surface area contributed by atoms with E-state index in [9.17, 15) is 9.59 Å². The smallest absolute Gasteiger partial charge is 0.337 e. The van der Waals surface area contributed by atoms with Crippen LogP contribution in [0.3, 0.4) is 0 Å². The van der Waals surface area contributed by atoms with E-state index in [1.54, 1.807) is 12.1 Å². The number of anilines is 2. The zero-order chi connectivity index (χ0) is 20.1. The highest BCUT2D eigenvalue weighted by Crippen LogP contribution is 2.22. The molecule has 0 saturated carbocycles. The number of rotatable bonds is 5. The fourth-order valence-electron chi connectivity index (χ4n) is 3.33. The number of carbonyl (C=O) groups excluding carboxylic acids is 2. The molecule has 7 heteroatoms. The van der Waals surface area contributed by atoms with Crippen LogP contribution in [0.25, 0.3) is 0 Å². The lowest BCUT2D eigenvalue weighted by Gasteiger charge is -2.40. The quantitative estimate of drug-likeness (QED) is 0.714. The van der Waals surface area contributed by atoms with Gasteiger partial charge in [-0.15, -0.1) is 0 Å². The van der Waals surface area contributed by atoms with Gasteiger partial charge in [0.15, 0.2) is 0 Å². The van der Waals surface area contributed by atoms with Crippen molar-refractivity contribution >= 4 is 39.2 Å². The van der Waals surface area contributed by atoms with Gasteiger partial charge in [-0.25, -0.2) is 4.79 Å². The SMILES string of the molecule is COC(=O)c1ccc(N2CCN(CC(=O)Nc3ccccc3Br)C(C)C2)cc1. The molecule has 148 valence electrons. The zero-order valence-corrected chi connectivity index (χ0v) is 17.6. The van der Waals surface area contributed by atoms with Crippen molar-refractivity contribution in [3.63, 3.8) is 0 Å². The fraction of sp³-hybridized carbons (Fsp3) is 0.333. The Morgan fingerprint density at radius 1 is 1.14 bits per heavy atom. The first-order chi connectivity index (χ1) is 13.5. The van der Waals surface area contributed by atoms with Gasteiger partial charge in [0.1, 0.15) is 0 Å². The summed E-state index contributed by atoms with van der Waals surface area (Å²) in [5, 5.41) is 2.96. The number of halogens is 1. The van der Waals surface area contributed by atoms with Gasteiger partial charge in [-0.3, -0.25) is 9.69 Å². The van der Waals surface area contributed by atoms with Crippen molar-refractivity contribution in [1.82, 2.24) is 4.90 Å². The molecule has 0 aliphatic carbocycles. The minimum Gasteiger partial charge on any atom is -0.465 e. The van der Waals surface area contributed by atoms with Crippen LogP contribution in [0, 0.1) is 0 Å². The summed E-state index contributed by atoms with van der Waals surface area (Å²) < 4.78 is 5.61. The number of methoxy groups -OCH3 is 1. The van der Waals surface area contributed by atoms with E-state index in [0.717, 1.165) is 35.5 Å². The topological polar surface area (TPSA) is 61.9 Å². The summed E-state index contributed by atoms with van der Waals surface area (Å²) in [4.78, 5) is 28.5. The summed E-state index contributed by atoms with van der Waals surface area (Å²) >= 11 is 3.45. The van der Waals surface area contributed by atoms with Gasteiger partial charge in [-0.1, -0.05) is 12.1 Å². The minimum absolute atomic E-state index is 0.0189. The van der Waals surface area contributed by atoms with Gasteiger partial charge in [-0.05, 0) is 59.3 Å². The number of para-hydroxylation sites is 1. The standard InChI is InChI=1S/C21H24BrN3O3/c1-15-13-25(17-9-7-16(8-10-17)21(27)28-2)12-11-24(15)14-20(26)23-19-6-4-3-5-18(19)22/h3-10,15H,11-14H2,1-2H3,(H,23,26). The Morgan fingerprint density at radius 3 is 2.50 bits per heavy atom. The molecule has 0 bridgehead atoms. The van der Waals surface area contributed by atoms with Crippen LogP contribution in [0.4, 0.5) is 11.4 Å². The highest BCUT2D eigenvalue weighted by Gasteiger charge is 2.25. The van der Waals surface area contributed by atoms with Gasteiger partial charge < -0.3 is 15.0 Å². The molecule has 1 amide bonds. The third-order valence-electron chi connectivity index (χ3n) is 4.91. The highest BCUT2D eigenvalue weighted by molar-refractivity contribution is 9.10. The van der Waals surface area contributed by atoms with E-state index >= 15 is 0 Å². The Morgan fingerprint density at radius 2 is 1.86 bits per heavy atom. The maximum Gasteiger partial charge on any atom is 0.337 e. The van der Waals surface area contributed by atoms with Crippen LogP contribution in [-0.2, 0) is 9.53 Å². The van der Waals surface area contributed by atoms with E-state index in [0.29, 0.717) is 12.1 Å².